The standard InChI is InChI=1S/C18H24FN3O4/c1-11-10-13(4-5-14(11)19)15(17(24)25)20-16(23)12-6-8-22(9-7-12)18(26)21(2)3/h4-5,10,12,15H,6-9H2,1-3H3,(H,20,23)(H,24,25). The second kappa shape index (κ2) is 8.16. The Morgan fingerprint density at radius 1 is 1.27 bits per heavy atom. The Balaban J connectivity index is 2.01. The van der Waals surface area contributed by atoms with Gasteiger partial charge in [0.05, 0.1) is 0 Å². The molecular formula is C18H24FN3O4. The van der Waals surface area contributed by atoms with Gasteiger partial charge >= 0.3 is 12.0 Å². The van der Waals surface area contributed by atoms with Crippen molar-refractivity contribution in [1.82, 2.24) is 15.1 Å². The van der Waals surface area contributed by atoms with Crippen molar-refractivity contribution in [2.75, 3.05) is 27.2 Å². The lowest BCUT2D eigenvalue weighted by atomic mass is 9.95. The summed E-state index contributed by atoms with van der Waals surface area (Å²) in [5, 5.41) is 12.0. The highest BCUT2D eigenvalue weighted by atomic mass is 19.1. The third-order valence-corrected chi connectivity index (χ3v) is 4.57. The van der Waals surface area contributed by atoms with Gasteiger partial charge in [0.25, 0.3) is 0 Å². The van der Waals surface area contributed by atoms with E-state index in [0.717, 1.165) is 0 Å². The summed E-state index contributed by atoms with van der Waals surface area (Å²) in [6.45, 7) is 2.43. The fourth-order valence-corrected chi connectivity index (χ4v) is 3.01. The highest BCUT2D eigenvalue weighted by Gasteiger charge is 2.31. The van der Waals surface area contributed by atoms with E-state index < -0.39 is 17.8 Å². The molecule has 1 aliphatic heterocycles. The Hall–Kier alpha value is -2.64. The molecular weight excluding hydrogens is 341 g/mol. The zero-order valence-electron chi connectivity index (χ0n) is 15.2. The number of hydrogen-bond donors (Lipinski definition) is 2. The van der Waals surface area contributed by atoms with E-state index in [1.807, 2.05) is 0 Å². The van der Waals surface area contributed by atoms with Crippen LogP contribution in [0.2, 0.25) is 0 Å². The van der Waals surface area contributed by atoms with Crippen LogP contribution in [0.5, 0.6) is 0 Å². The summed E-state index contributed by atoms with van der Waals surface area (Å²) in [4.78, 5) is 39.1. The van der Waals surface area contributed by atoms with Crippen molar-refractivity contribution in [3.63, 3.8) is 0 Å². The van der Waals surface area contributed by atoms with Gasteiger partial charge in [0, 0.05) is 33.1 Å². The Morgan fingerprint density at radius 3 is 2.38 bits per heavy atom. The van der Waals surface area contributed by atoms with Crippen molar-refractivity contribution in [3.8, 4) is 0 Å². The number of carbonyl (C=O) groups excluding carboxylic acids is 2. The molecule has 26 heavy (non-hydrogen) atoms. The number of rotatable bonds is 4. The van der Waals surface area contributed by atoms with Crippen LogP contribution in [0.4, 0.5) is 9.18 Å². The number of nitrogens with one attached hydrogen (secondary N) is 1. The van der Waals surface area contributed by atoms with Crippen LogP contribution in [-0.2, 0) is 9.59 Å². The normalized spacial score (nSPS) is 16.1. The lowest BCUT2D eigenvalue weighted by Crippen LogP contribution is -2.47. The van der Waals surface area contributed by atoms with Crippen molar-refractivity contribution in [2.45, 2.75) is 25.8 Å². The van der Waals surface area contributed by atoms with Gasteiger partial charge in [-0.1, -0.05) is 12.1 Å². The number of aryl methyl sites for hydroxylation is 1. The van der Waals surface area contributed by atoms with Crippen LogP contribution >= 0.6 is 0 Å². The van der Waals surface area contributed by atoms with E-state index in [9.17, 15) is 23.9 Å². The van der Waals surface area contributed by atoms with Crippen LogP contribution in [0, 0.1) is 18.7 Å². The number of piperidine rings is 1. The van der Waals surface area contributed by atoms with Crippen molar-refractivity contribution < 1.29 is 23.9 Å². The smallest absolute Gasteiger partial charge is 0.330 e. The maximum absolute atomic E-state index is 13.4. The number of nitrogens with zero attached hydrogens (tertiary/aromatic N) is 2. The van der Waals surface area contributed by atoms with Crippen LogP contribution in [0.1, 0.15) is 30.0 Å². The van der Waals surface area contributed by atoms with Gasteiger partial charge in [-0.15, -0.1) is 0 Å². The van der Waals surface area contributed by atoms with Crippen LogP contribution in [0.15, 0.2) is 18.2 Å². The fourth-order valence-electron chi connectivity index (χ4n) is 3.01. The van der Waals surface area contributed by atoms with Crippen molar-refractivity contribution in [2.24, 2.45) is 5.92 Å². The number of halogens is 1. The highest BCUT2D eigenvalue weighted by molar-refractivity contribution is 5.86. The fraction of sp³-hybridized carbons (Fsp3) is 0.500. The molecule has 3 amide bonds. The molecule has 1 heterocycles. The number of carboxylic acids is 1. The lowest BCUT2D eigenvalue weighted by Gasteiger charge is -2.33. The zero-order valence-corrected chi connectivity index (χ0v) is 15.2. The maximum atomic E-state index is 13.4. The minimum absolute atomic E-state index is 0.103. The number of urea groups is 1. The van der Waals surface area contributed by atoms with E-state index >= 15 is 0 Å². The molecule has 0 spiro atoms. The lowest BCUT2D eigenvalue weighted by molar-refractivity contribution is -0.143. The van der Waals surface area contributed by atoms with Gasteiger partial charge in [-0.3, -0.25) is 4.79 Å². The first kappa shape index (κ1) is 19.7. The average molecular weight is 365 g/mol. The van der Waals surface area contributed by atoms with Gasteiger partial charge in [0.2, 0.25) is 5.91 Å². The van der Waals surface area contributed by atoms with Gasteiger partial charge in [-0.25, -0.2) is 14.0 Å². The highest BCUT2D eigenvalue weighted by Crippen LogP contribution is 2.22. The molecule has 1 aromatic carbocycles. The molecule has 1 unspecified atom stereocenters. The summed E-state index contributed by atoms with van der Waals surface area (Å²) >= 11 is 0. The number of benzene rings is 1. The van der Waals surface area contributed by atoms with Crippen molar-refractivity contribution in [3.05, 3.63) is 35.1 Å². The first-order valence-corrected chi connectivity index (χ1v) is 8.46. The minimum atomic E-state index is -1.23. The molecule has 0 aliphatic carbocycles. The summed E-state index contributed by atoms with van der Waals surface area (Å²) in [6, 6.07) is 2.64. The summed E-state index contributed by atoms with van der Waals surface area (Å²) in [5.74, 6) is -2.35. The zero-order chi connectivity index (χ0) is 19.4. The second-order valence-corrected chi connectivity index (χ2v) is 6.73. The van der Waals surface area contributed by atoms with Crippen molar-refractivity contribution in [1.29, 1.82) is 0 Å². The molecule has 8 heteroatoms. The Bertz CT molecular complexity index is 700. The third kappa shape index (κ3) is 4.50. The number of amides is 3. The number of carbonyl (C=O) groups is 3. The Kier molecular flexibility index (Phi) is 6.18. The van der Waals surface area contributed by atoms with Crippen LogP contribution < -0.4 is 5.32 Å². The number of hydrogen-bond acceptors (Lipinski definition) is 3. The number of likely N-dealkylation sites (tertiary alicyclic amines) is 1. The van der Waals surface area contributed by atoms with Gasteiger partial charge in [0.15, 0.2) is 6.04 Å². The summed E-state index contributed by atoms with van der Waals surface area (Å²) in [7, 11) is 3.34. The molecule has 0 radical (unpaired) electrons. The average Bonchev–Trinajstić information content (AvgIpc) is 2.61. The Morgan fingerprint density at radius 2 is 1.88 bits per heavy atom. The van der Waals surface area contributed by atoms with E-state index in [1.54, 1.807) is 19.0 Å². The number of carboxylic acid groups (broad SMARTS) is 1. The summed E-state index contributed by atoms with van der Waals surface area (Å²) < 4.78 is 13.4. The third-order valence-electron chi connectivity index (χ3n) is 4.57. The van der Waals surface area contributed by atoms with Gasteiger partial charge < -0.3 is 20.2 Å². The molecule has 0 aromatic heterocycles. The van der Waals surface area contributed by atoms with Crippen LogP contribution in [0.3, 0.4) is 0 Å². The molecule has 1 aromatic rings. The van der Waals surface area contributed by atoms with Crippen LogP contribution in [0.25, 0.3) is 0 Å². The molecule has 7 nitrogen and oxygen atoms in total. The SMILES string of the molecule is Cc1cc(C(NC(=O)C2CCN(C(=O)N(C)C)CC2)C(=O)O)ccc1F. The van der Waals surface area contributed by atoms with Gasteiger partial charge in [-0.2, -0.15) is 0 Å². The first-order chi connectivity index (χ1) is 12.2. The molecule has 2 N–H and O–H groups in total. The molecule has 0 saturated carbocycles. The molecule has 1 fully saturated rings. The molecule has 142 valence electrons. The monoisotopic (exact) mass is 365 g/mol. The van der Waals surface area contributed by atoms with E-state index in [2.05, 4.69) is 5.32 Å². The second-order valence-electron chi connectivity index (χ2n) is 6.73. The van der Waals surface area contributed by atoms with E-state index in [0.29, 0.717) is 37.1 Å². The summed E-state index contributed by atoms with van der Waals surface area (Å²) in [5.41, 5.74) is 0.642. The molecule has 1 saturated heterocycles. The molecule has 0 bridgehead atoms. The molecule has 1 aliphatic rings. The van der Waals surface area contributed by atoms with E-state index in [1.165, 1.54) is 30.0 Å². The van der Waals surface area contributed by atoms with Gasteiger partial charge in [0.1, 0.15) is 5.82 Å². The topological polar surface area (TPSA) is 90.0 Å². The predicted molar refractivity (Wildman–Crippen MR) is 93.0 cm³/mol. The minimum Gasteiger partial charge on any atom is -0.479 e. The summed E-state index contributed by atoms with van der Waals surface area (Å²) in [6.07, 6.45) is 0.945. The largest absolute Gasteiger partial charge is 0.479 e. The van der Waals surface area contributed by atoms with E-state index in [-0.39, 0.29) is 17.9 Å². The van der Waals surface area contributed by atoms with Crippen molar-refractivity contribution >= 4 is 17.9 Å². The molecule has 1 atom stereocenters. The maximum Gasteiger partial charge on any atom is 0.330 e. The number of aliphatic carboxylic acids is 1. The van der Waals surface area contributed by atoms with Gasteiger partial charge in [-0.05, 0) is 37.0 Å². The first-order valence-electron chi connectivity index (χ1n) is 8.46. The predicted octanol–water partition coefficient (Wildman–Crippen LogP) is 1.77. The van der Waals surface area contributed by atoms with Crippen LogP contribution in [-0.4, -0.2) is 60.0 Å². The quantitative estimate of drug-likeness (QED) is 0.851. The van der Waals surface area contributed by atoms with E-state index in [4.69, 9.17) is 0 Å². The molecule has 2 rings (SSSR count). The Labute approximate surface area is 151 Å².